The van der Waals surface area contributed by atoms with Crippen LogP contribution in [0, 0.1) is 0 Å². The normalized spacial score (nSPS) is 18.9. The second-order valence-corrected chi connectivity index (χ2v) is 8.36. The van der Waals surface area contributed by atoms with Gasteiger partial charge in [0.1, 0.15) is 5.01 Å². The Morgan fingerprint density at radius 1 is 1.04 bits per heavy atom. The molecular formula is C22H27N3OS. The van der Waals surface area contributed by atoms with Crippen molar-refractivity contribution in [2.75, 3.05) is 32.8 Å². The Labute approximate surface area is 165 Å². The van der Waals surface area contributed by atoms with Crippen LogP contribution in [-0.2, 0) is 13.0 Å². The van der Waals surface area contributed by atoms with Crippen molar-refractivity contribution in [2.45, 2.75) is 25.4 Å². The van der Waals surface area contributed by atoms with E-state index in [1.807, 2.05) is 0 Å². The van der Waals surface area contributed by atoms with Gasteiger partial charge < -0.3 is 5.11 Å². The molecular weight excluding hydrogens is 354 g/mol. The van der Waals surface area contributed by atoms with Gasteiger partial charge in [-0.1, -0.05) is 42.5 Å². The minimum Gasteiger partial charge on any atom is -0.396 e. The molecule has 0 amide bonds. The van der Waals surface area contributed by atoms with Crippen LogP contribution in [-0.4, -0.2) is 58.7 Å². The molecule has 27 heavy (non-hydrogen) atoms. The molecule has 1 aliphatic heterocycles. The van der Waals surface area contributed by atoms with Gasteiger partial charge >= 0.3 is 0 Å². The number of nitrogens with zero attached hydrogens (tertiary/aromatic N) is 3. The zero-order valence-electron chi connectivity index (χ0n) is 15.6. The number of para-hydroxylation sites is 1. The van der Waals surface area contributed by atoms with Crippen molar-refractivity contribution in [3.8, 4) is 0 Å². The molecule has 142 valence electrons. The molecule has 0 aliphatic carbocycles. The Morgan fingerprint density at radius 3 is 2.67 bits per heavy atom. The summed E-state index contributed by atoms with van der Waals surface area (Å²) < 4.78 is 1.26. The number of aliphatic hydroxyl groups excluding tert-OH is 1. The Morgan fingerprint density at radius 2 is 1.85 bits per heavy atom. The lowest BCUT2D eigenvalue weighted by atomic mass is 10.1. The Bertz CT molecular complexity index is 818. The van der Waals surface area contributed by atoms with Gasteiger partial charge in [0.05, 0.1) is 16.8 Å². The van der Waals surface area contributed by atoms with E-state index in [0.717, 1.165) is 51.1 Å². The van der Waals surface area contributed by atoms with Crippen LogP contribution in [0.3, 0.4) is 0 Å². The molecule has 1 fully saturated rings. The molecule has 0 radical (unpaired) electrons. The molecule has 0 spiro atoms. The minimum atomic E-state index is 0.251. The van der Waals surface area contributed by atoms with Crippen molar-refractivity contribution >= 4 is 21.6 Å². The van der Waals surface area contributed by atoms with Crippen LogP contribution in [0.4, 0.5) is 0 Å². The third-order valence-corrected chi connectivity index (χ3v) is 6.40. The van der Waals surface area contributed by atoms with Crippen molar-refractivity contribution in [2.24, 2.45) is 0 Å². The largest absolute Gasteiger partial charge is 0.396 e. The summed E-state index contributed by atoms with van der Waals surface area (Å²) in [5.41, 5.74) is 2.49. The standard InChI is InChI=1S/C22H27N3OS/c26-15-11-19-16-24(17-22-23-20-8-4-5-9-21(20)27-22)13-14-25(19)12-10-18-6-2-1-3-7-18/h1-9,19,26H,10-17H2/t19-/m0/s1. The third-order valence-electron chi connectivity index (χ3n) is 5.38. The van der Waals surface area contributed by atoms with E-state index in [4.69, 9.17) is 4.98 Å². The number of aromatic nitrogens is 1. The highest BCUT2D eigenvalue weighted by atomic mass is 32.1. The first-order valence-electron chi connectivity index (χ1n) is 9.77. The molecule has 1 N–H and O–H groups in total. The first-order valence-corrected chi connectivity index (χ1v) is 10.6. The Kier molecular flexibility index (Phi) is 6.14. The van der Waals surface area contributed by atoms with Crippen molar-refractivity contribution in [3.63, 3.8) is 0 Å². The fraction of sp³-hybridized carbons (Fsp3) is 0.409. The lowest BCUT2D eigenvalue weighted by Gasteiger charge is -2.41. The highest BCUT2D eigenvalue weighted by Gasteiger charge is 2.26. The maximum Gasteiger partial charge on any atom is 0.108 e. The van der Waals surface area contributed by atoms with Gasteiger partial charge in [-0.15, -0.1) is 11.3 Å². The Hall–Kier alpha value is -1.79. The van der Waals surface area contributed by atoms with Gasteiger partial charge in [-0.05, 0) is 30.5 Å². The second kappa shape index (κ2) is 8.93. The summed E-state index contributed by atoms with van der Waals surface area (Å²) in [6.07, 6.45) is 1.91. The highest BCUT2D eigenvalue weighted by Crippen LogP contribution is 2.24. The number of piperazine rings is 1. The predicted octanol–water partition coefficient (Wildman–Crippen LogP) is 3.41. The maximum atomic E-state index is 9.54. The van der Waals surface area contributed by atoms with E-state index < -0.39 is 0 Å². The van der Waals surface area contributed by atoms with Crippen LogP contribution in [0.25, 0.3) is 10.2 Å². The number of aliphatic hydroxyl groups is 1. The van der Waals surface area contributed by atoms with Crippen LogP contribution < -0.4 is 0 Å². The van der Waals surface area contributed by atoms with E-state index in [1.165, 1.54) is 15.3 Å². The van der Waals surface area contributed by atoms with Crippen LogP contribution >= 0.6 is 11.3 Å². The summed E-state index contributed by atoms with van der Waals surface area (Å²) in [5.74, 6) is 0. The van der Waals surface area contributed by atoms with Crippen LogP contribution in [0.2, 0.25) is 0 Å². The van der Waals surface area contributed by atoms with Gasteiger partial charge in [0, 0.05) is 38.8 Å². The number of hydrogen-bond donors (Lipinski definition) is 1. The molecule has 1 atom stereocenters. The summed E-state index contributed by atoms with van der Waals surface area (Å²) in [6.45, 7) is 5.35. The summed E-state index contributed by atoms with van der Waals surface area (Å²) in [5, 5.41) is 10.7. The lowest BCUT2D eigenvalue weighted by Crippen LogP contribution is -2.53. The molecule has 1 aliphatic rings. The molecule has 4 rings (SSSR count). The molecule has 3 aromatic rings. The quantitative estimate of drug-likeness (QED) is 0.681. The van der Waals surface area contributed by atoms with Crippen molar-refractivity contribution < 1.29 is 5.11 Å². The first kappa shape index (κ1) is 18.6. The summed E-state index contributed by atoms with van der Waals surface area (Å²) >= 11 is 1.80. The van der Waals surface area contributed by atoms with Crippen molar-refractivity contribution in [3.05, 3.63) is 65.2 Å². The van der Waals surface area contributed by atoms with Crippen LogP contribution in [0.5, 0.6) is 0 Å². The Balaban J connectivity index is 1.36. The van der Waals surface area contributed by atoms with Gasteiger partial charge in [-0.3, -0.25) is 9.80 Å². The average Bonchev–Trinajstić information content (AvgIpc) is 3.11. The van der Waals surface area contributed by atoms with Crippen molar-refractivity contribution in [1.82, 2.24) is 14.8 Å². The molecule has 0 bridgehead atoms. The van der Waals surface area contributed by atoms with Gasteiger partial charge in [0.15, 0.2) is 0 Å². The fourth-order valence-electron chi connectivity index (χ4n) is 3.91. The van der Waals surface area contributed by atoms with E-state index >= 15 is 0 Å². The van der Waals surface area contributed by atoms with Crippen molar-refractivity contribution in [1.29, 1.82) is 0 Å². The number of thiazole rings is 1. The monoisotopic (exact) mass is 381 g/mol. The summed E-state index contributed by atoms with van der Waals surface area (Å²) in [7, 11) is 0. The van der Waals surface area contributed by atoms with Crippen LogP contribution in [0.1, 0.15) is 17.0 Å². The van der Waals surface area contributed by atoms with E-state index in [0.29, 0.717) is 6.04 Å². The summed E-state index contributed by atoms with van der Waals surface area (Å²) in [4.78, 5) is 9.84. The predicted molar refractivity (Wildman–Crippen MR) is 112 cm³/mol. The molecule has 1 aromatic heterocycles. The van der Waals surface area contributed by atoms with E-state index in [9.17, 15) is 5.11 Å². The number of benzene rings is 2. The SMILES string of the molecule is OCC[C@H]1CN(Cc2nc3ccccc3s2)CCN1CCc1ccccc1. The van der Waals surface area contributed by atoms with E-state index in [-0.39, 0.29) is 6.61 Å². The average molecular weight is 382 g/mol. The first-order chi connectivity index (χ1) is 13.3. The third kappa shape index (κ3) is 4.74. The zero-order chi connectivity index (χ0) is 18.5. The number of fused-ring (bicyclic) bond motifs is 1. The van der Waals surface area contributed by atoms with Gasteiger partial charge in [0.25, 0.3) is 0 Å². The highest BCUT2D eigenvalue weighted by molar-refractivity contribution is 7.18. The number of rotatable bonds is 7. The van der Waals surface area contributed by atoms with Gasteiger partial charge in [-0.2, -0.15) is 0 Å². The van der Waals surface area contributed by atoms with E-state index in [2.05, 4.69) is 64.4 Å². The second-order valence-electron chi connectivity index (χ2n) is 7.25. The molecule has 0 unspecified atom stereocenters. The molecule has 1 saturated heterocycles. The topological polar surface area (TPSA) is 39.6 Å². The smallest absolute Gasteiger partial charge is 0.108 e. The fourth-order valence-corrected chi connectivity index (χ4v) is 4.92. The van der Waals surface area contributed by atoms with E-state index in [1.54, 1.807) is 11.3 Å². The minimum absolute atomic E-state index is 0.251. The zero-order valence-corrected chi connectivity index (χ0v) is 16.4. The van der Waals surface area contributed by atoms with Crippen LogP contribution in [0.15, 0.2) is 54.6 Å². The molecule has 4 nitrogen and oxygen atoms in total. The summed E-state index contributed by atoms with van der Waals surface area (Å²) in [6, 6.07) is 19.5. The molecule has 5 heteroatoms. The van der Waals surface area contributed by atoms with Gasteiger partial charge in [0.2, 0.25) is 0 Å². The maximum absolute atomic E-state index is 9.54. The number of hydrogen-bond acceptors (Lipinski definition) is 5. The van der Waals surface area contributed by atoms with Gasteiger partial charge in [-0.25, -0.2) is 4.98 Å². The molecule has 2 aromatic carbocycles. The molecule has 2 heterocycles. The molecule has 0 saturated carbocycles. The lowest BCUT2D eigenvalue weighted by molar-refractivity contribution is 0.0562.